The van der Waals surface area contributed by atoms with Crippen LogP contribution in [-0.4, -0.2) is 20.6 Å². The molecule has 0 spiro atoms. The van der Waals surface area contributed by atoms with Gasteiger partial charge in [-0.25, -0.2) is 8.42 Å². The van der Waals surface area contributed by atoms with Crippen molar-refractivity contribution >= 4 is 21.4 Å². The second kappa shape index (κ2) is 6.32. The van der Waals surface area contributed by atoms with Crippen LogP contribution >= 0.6 is 0 Å². The van der Waals surface area contributed by atoms with E-state index in [1.54, 1.807) is 18.2 Å². The SMILES string of the molecule is Cc1cccc(C)c1NC(=O)Cc1ccccc1S(C)(=O)=O. The molecule has 0 unspecified atom stereocenters. The van der Waals surface area contributed by atoms with E-state index in [0.717, 1.165) is 23.1 Å². The fraction of sp³-hybridized carbons (Fsp3) is 0.235. The van der Waals surface area contributed by atoms with Gasteiger partial charge in [0.25, 0.3) is 0 Å². The Bertz CT molecular complexity index is 790. The Morgan fingerprint density at radius 1 is 1.00 bits per heavy atom. The van der Waals surface area contributed by atoms with Gasteiger partial charge in [-0.15, -0.1) is 0 Å². The van der Waals surface area contributed by atoms with Crippen LogP contribution in [0.25, 0.3) is 0 Å². The lowest BCUT2D eigenvalue weighted by atomic mass is 10.1. The van der Waals surface area contributed by atoms with Gasteiger partial charge in [0.05, 0.1) is 11.3 Å². The molecule has 2 aromatic carbocycles. The molecule has 0 aliphatic carbocycles. The summed E-state index contributed by atoms with van der Waals surface area (Å²) in [5, 5.41) is 2.87. The summed E-state index contributed by atoms with van der Waals surface area (Å²) in [4.78, 5) is 12.5. The second-order valence-electron chi connectivity index (χ2n) is 5.37. The van der Waals surface area contributed by atoms with Gasteiger partial charge in [0.2, 0.25) is 5.91 Å². The average Bonchev–Trinajstić information content (AvgIpc) is 2.42. The predicted molar refractivity (Wildman–Crippen MR) is 87.8 cm³/mol. The zero-order chi connectivity index (χ0) is 16.3. The van der Waals surface area contributed by atoms with Gasteiger partial charge < -0.3 is 5.32 Å². The highest BCUT2D eigenvalue weighted by atomic mass is 32.2. The van der Waals surface area contributed by atoms with E-state index in [1.165, 1.54) is 6.07 Å². The number of benzene rings is 2. The highest BCUT2D eigenvalue weighted by molar-refractivity contribution is 7.90. The summed E-state index contributed by atoms with van der Waals surface area (Å²) in [7, 11) is -3.35. The number of hydrogen-bond acceptors (Lipinski definition) is 3. The van der Waals surface area contributed by atoms with Crippen molar-refractivity contribution < 1.29 is 13.2 Å². The van der Waals surface area contributed by atoms with Crippen LogP contribution in [0.15, 0.2) is 47.4 Å². The van der Waals surface area contributed by atoms with E-state index in [0.29, 0.717) is 5.56 Å². The number of para-hydroxylation sites is 1. The third-order valence-corrected chi connectivity index (χ3v) is 4.67. The lowest BCUT2D eigenvalue weighted by Crippen LogP contribution is -2.17. The monoisotopic (exact) mass is 317 g/mol. The van der Waals surface area contributed by atoms with Gasteiger partial charge in [0.1, 0.15) is 0 Å². The average molecular weight is 317 g/mol. The summed E-state index contributed by atoms with van der Waals surface area (Å²) in [6, 6.07) is 12.4. The van der Waals surface area contributed by atoms with E-state index in [-0.39, 0.29) is 17.2 Å². The second-order valence-corrected chi connectivity index (χ2v) is 7.36. The van der Waals surface area contributed by atoms with E-state index in [2.05, 4.69) is 5.32 Å². The van der Waals surface area contributed by atoms with Crippen molar-refractivity contribution in [2.75, 3.05) is 11.6 Å². The number of aryl methyl sites for hydroxylation is 2. The molecule has 0 heterocycles. The van der Waals surface area contributed by atoms with Crippen LogP contribution < -0.4 is 5.32 Å². The van der Waals surface area contributed by atoms with Crippen molar-refractivity contribution in [3.05, 3.63) is 59.2 Å². The number of sulfone groups is 1. The minimum Gasteiger partial charge on any atom is -0.325 e. The minimum atomic E-state index is -3.35. The minimum absolute atomic E-state index is 0.0248. The van der Waals surface area contributed by atoms with Crippen LogP contribution in [0.3, 0.4) is 0 Å². The Labute approximate surface area is 131 Å². The number of anilines is 1. The van der Waals surface area contributed by atoms with Crippen molar-refractivity contribution in [3.63, 3.8) is 0 Å². The van der Waals surface area contributed by atoms with Gasteiger partial charge >= 0.3 is 0 Å². The standard InChI is InChI=1S/C17H19NO3S/c1-12-7-6-8-13(2)17(12)18-16(19)11-14-9-4-5-10-15(14)22(3,20)21/h4-10H,11H2,1-3H3,(H,18,19). The molecule has 5 heteroatoms. The molecule has 0 aromatic heterocycles. The molecule has 2 aromatic rings. The lowest BCUT2D eigenvalue weighted by Gasteiger charge is -2.12. The van der Waals surface area contributed by atoms with Gasteiger partial charge in [-0.2, -0.15) is 0 Å². The Balaban J connectivity index is 2.24. The summed E-state index contributed by atoms with van der Waals surface area (Å²) in [6.07, 6.45) is 1.17. The Hall–Kier alpha value is -2.14. The lowest BCUT2D eigenvalue weighted by molar-refractivity contribution is -0.115. The van der Waals surface area contributed by atoms with Gasteiger partial charge in [-0.05, 0) is 36.6 Å². The normalized spacial score (nSPS) is 11.2. The number of rotatable bonds is 4. The number of carbonyl (C=O) groups is 1. The first-order valence-electron chi connectivity index (χ1n) is 6.93. The predicted octanol–water partition coefficient (Wildman–Crippen LogP) is 2.89. The maximum atomic E-state index is 12.3. The zero-order valence-electron chi connectivity index (χ0n) is 12.9. The van der Waals surface area contributed by atoms with Crippen LogP contribution in [0.5, 0.6) is 0 Å². The Kier molecular flexibility index (Phi) is 4.66. The van der Waals surface area contributed by atoms with Crippen LogP contribution in [0, 0.1) is 13.8 Å². The van der Waals surface area contributed by atoms with Gasteiger partial charge in [0, 0.05) is 11.9 Å². The first-order chi connectivity index (χ1) is 10.3. The molecule has 0 saturated carbocycles. The molecule has 0 saturated heterocycles. The van der Waals surface area contributed by atoms with Crippen LogP contribution in [0.1, 0.15) is 16.7 Å². The van der Waals surface area contributed by atoms with Crippen LogP contribution in [-0.2, 0) is 21.1 Å². The molecule has 1 amide bonds. The summed E-state index contributed by atoms with van der Waals surface area (Å²) in [6.45, 7) is 3.85. The third kappa shape index (κ3) is 3.74. The molecule has 0 fully saturated rings. The van der Waals surface area contributed by atoms with E-state index >= 15 is 0 Å². The molecular weight excluding hydrogens is 298 g/mol. The maximum Gasteiger partial charge on any atom is 0.228 e. The van der Waals surface area contributed by atoms with Crippen molar-refractivity contribution in [3.8, 4) is 0 Å². The molecule has 0 bridgehead atoms. The summed E-state index contributed by atoms with van der Waals surface area (Å²) in [5.74, 6) is -0.228. The first-order valence-corrected chi connectivity index (χ1v) is 8.82. The highest BCUT2D eigenvalue weighted by Gasteiger charge is 2.15. The largest absolute Gasteiger partial charge is 0.325 e. The van der Waals surface area contributed by atoms with Crippen molar-refractivity contribution in [2.24, 2.45) is 0 Å². The van der Waals surface area contributed by atoms with Crippen molar-refractivity contribution in [1.29, 1.82) is 0 Å². The molecule has 22 heavy (non-hydrogen) atoms. The maximum absolute atomic E-state index is 12.3. The zero-order valence-corrected chi connectivity index (χ0v) is 13.7. The number of nitrogens with one attached hydrogen (secondary N) is 1. The third-order valence-electron chi connectivity index (χ3n) is 3.47. The molecule has 0 aliphatic rings. The summed E-state index contributed by atoms with van der Waals surface area (Å²) < 4.78 is 23.5. The molecule has 4 nitrogen and oxygen atoms in total. The van der Waals surface area contributed by atoms with Crippen LogP contribution in [0.4, 0.5) is 5.69 Å². The number of carbonyl (C=O) groups excluding carboxylic acids is 1. The van der Waals surface area contributed by atoms with E-state index in [4.69, 9.17) is 0 Å². The summed E-state index contributed by atoms with van der Waals surface area (Å²) in [5.41, 5.74) is 3.24. The Morgan fingerprint density at radius 3 is 2.18 bits per heavy atom. The molecule has 116 valence electrons. The molecule has 0 aliphatic heterocycles. The fourth-order valence-electron chi connectivity index (χ4n) is 2.38. The first kappa shape index (κ1) is 16.2. The highest BCUT2D eigenvalue weighted by Crippen LogP contribution is 2.21. The Morgan fingerprint density at radius 2 is 1.59 bits per heavy atom. The molecule has 1 N–H and O–H groups in total. The summed E-state index contributed by atoms with van der Waals surface area (Å²) >= 11 is 0. The van der Waals surface area contributed by atoms with Crippen molar-refractivity contribution in [2.45, 2.75) is 25.2 Å². The van der Waals surface area contributed by atoms with E-state index in [1.807, 2.05) is 32.0 Å². The quantitative estimate of drug-likeness (QED) is 0.943. The van der Waals surface area contributed by atoms with Gasteiger partial charge in [-0.1, -0.05) is 36.4 Å². The molecule has 2 rings (SSSR count). The van der Waals surface area contributed by atoms with Crippen molar-refractivity contribution in [1.82, 2.24) is 0 Å². The smallest absolute Gasteiger partial charge is 0.228 e. The molecule has 0 radical (unpaired) electrons. The van der Waals surface area contributed by atoms with Gasteiger partial charge in [-0.3, -0.25) is 4.79 Å². The fourth-order valence-corrected chi connectivity index (χ4v) is 3.32. The topological polar surface area (TPSA) is 63.2 Å². The van der Waals surface area contributed by atoms with Crippen LogP contribution in [0.2, 0.25) is 0 Å². The van der Waals surface area contributed by atoms with E-state index in [9.17, 15) is 13.2 Å². The molecule has 0 atom stereocenters. The number of amides is 1. The van der Waals surface area contributed by atoms with Gasteiger partial charge in [0.15, 0.2) is 9.84 Å². The molecular formula is C17H19NO3S. The number of hydrogen-bond donors (Lipinski definition) is 1. The van der Waals surface area contributed by atoms with E-state index < -0.39 is 9.84 Å².